The maximum atomic E-state index is 5.14. The molecule has 0 aliphatic carbocycles. The summed E-state index contributed by atoms with van der Waals surface area (Å²) < 4.78 is 2.32. The van der Waals surface area contributed by atoms with Crippen LogP contribution in [0.3, 0.4) is 0 Å². The van der Waals surface area contributed by atoms with Crippen molar-refractivity contribution in [3.8, 4) is 22.3 Å². The highest BCUT2D eigenvalue weighted by Gasteiger charge is 2.19. The molecule has 0 aliphatic heterocycles. The number of aromatic nitrogens is 2. The lowest BCUT2D eigenvalue weighted by atomic mass is 9.84. The first-order chi connectivity index (χ1) is 22.3. The molecule has 0 atom stereocenters. The zero-order chi connectivity index (χ0) is 29.5. The van der Waals surface area contributed by atoms with Gasteiger partial charge in [-0.05, 0) is 102 Å². The van der Waals surface area contributed by atoms with E-state index in [-0.39, 0.29) is 0 Å². The van der Waals surface area contributed by atoms with Gasteiger partial charge in [0.1, 0.15) is 5.65 Å². The van der Waals surface area contributed by atoms with Crippen LogP contribution in [0, 0.1) is 0 Å². The fourth-order valence-corrected chi connectivity index (χ4v) is 7.55. The van der Waals surface area contributed by atoms with E-state index in [9.17, 15) is 0 Å². The third-order valence-electron chi connectivity index (χ3n) is 9.50. The van der Waals surface area contributed by atoms with Gasteiger partial charge in [0.05, 0.1) is 16.6 Å². The van der Waals surface area contributed by atoms with E-state index in [2.05, 4.69) is 162 Å². The molecule has 8 aromatic carbocycles. The number of hydrogen-bond donors (Lipinski definition) is 0. The Bertz CT molecular complexity index is 2810. The van der Waals surface area contributed by atoms with E-state index < -0.39 is 0 Å². The predicted octanol–water partition coefficient (Wildman–Crippen LogP) is 11.6. The molecular formula is C43H26N2. The highest BCUT2D eigenvalue weighted by Crippen LogP contribution is 2.46. The summed E-state index contributed by atoms with van der Waals surface area (Å²) in [5.74, 6) is 0. The number of fused-ring (bicyclic) bond motifs is 11. The smallest absolute Gasteiger partial charge is 0.146 e. The zero-order valence-electron chi connectivity index (χ0n) is 24.4. The Morgan fingerprint density at radius 3 is 1.67 bits per heavy atom. The number of rotatable bonds is 2. The van der Waals surface area contributed by atoms with Crippen molar-refractivity contribution in [1.29, 1.82) is 0 Å². The van der Waals surface area contributed by atoms with Gasteiger partial charge in [0.15, 0.2) is 0 Å². The number of benzene rings is 8. The molecule has 0 N–H and O–H groups in total. The number of hydrogen-bond acceptors (Lipinski definition) is 1. The fraction of sp³-hybridized carbons (Fsp3) is 0. The van der Waals surface area contributed by atoms with Crippen molar-refractivity contribution in [2.24, 2.45) is 0 Å². The first kappa shape index (κ1) is 24.5. The van der Waals surface area contributed by atoms with Crippen LogP contribution in [0.15, 0.2) is 158 Å². The van der Waals surface area contributed by atoms with Gasteiger partial charge in [-0.1, -0.05) is 115 Å². The Morgan fingerprint density at radius 1 is 0.356 bits per heavy atom. The van der Waals surface area contributed by atoms with Gasteiger partial charge in [-0.2, -0.15) is 0 Å². The fourth-order valence-electron chi connectivity index (χ4n) is 7.55. The maximum absolute atomic E-state index is 5.14. The normalized spacial score (nSPS) is 12.0. The molecule has 45 heavy (non-hydrogen) atoms. The van der Waals surface area contributed by atoms with E-state index in [4.69, 9.17) is 4.98 Å². The van der Waals surface area contributed by atoms with Crippen LogP contribution in [0.4, 0.5) is 0 Å². The Balaban J connectivity index is 1.38. The highest BCUT2D eigenvalue weighted by atomic mass is 15.0. The molecule has 2 nitrogen and oxygen atoms in total. The average molecular weight is 571 g/mol. The number of pyridine rings is 1. The quantitative estimate of drug-likeness (QED) is 0.149. The molecule has 208 valence electrons. The minimum Gasteiger partial charge on any atom is -0.292 e. The molecular weight excluding hydrogens is 544 g/mol. The average Bonchev–Trinajstić information content (AvgIpc) is 3.50. The van der Waals surface area contributed by atoms with Crippen LogP contribution in [0.25, 0.3) is 92.9 Å². The molecule has 0 saturated carbocycles. The molecule has 2 aromatic heterocycles. The molecule has 0 spiro atoms. The monoisotopic (exact) mass is 570 g/mol. The van der Waals surface area contributed by atoms with Gasteiger partial charge in [0.25, 0.3) is 0 Å². The molecule has 0 amide bonds. The summed E-state index contributed by atoms with van der Waals surface area (Å²) in [6.45, 7) is 0. The van der Waals surface area contributed by atoms with Crippen LogP contribution >= 0.6 is 0 Å². The second kappa shape index (κ2) is 9.25. The summed E-state index contributed by atoms with van der Waals surface area (Å²) in [6, 6.07) is 57.4. The molecule has 0 unspecified atom stereocenters. The first-order valence-corrected chi connectivity index (χ1v) is 15.5. The summed E-state index contributed by atoms with van der Waals surface area (Å²) in [4.78, 5) is 5.14. The summed E-state index contributed by atoms with van der Waals surface area (Å²) in [5.41, 5.74) is 9.32. The lowest BCUT2D eigenvalue weighted by Gasteiger charge is -2.19. The van der Waals surface area contributed by atoms with Crippen molar-refractivity contribution in [2.75, 3.05) is 0 Å². The molecule has 0 saturated heterocycles. The van der Waals surface area contributed by atoms with Crippen molar-refractivity contribution in [1.82, 2.24) is 9.38 Å². The van der Waals surface area contributed by atoms with Gasteiger partial charge in [0.2, 0.25) is 0 Å². The number of para-hydroxylation sites is 3. The molecule has 2 heteroatoms. The van der Waals surface area contributed by atoms with E-state index in [1.165, 1.54) is 70.9 Å². The van der Waals surface area contributed by atoms with Crippen molar-refractivity contribution in [3.63, 3.8) is 0 Å². The van der Waals surface area contributed by atoms with Crippen LogP contribution in [-0.2, 0) is 0 Å². The second-order valence-electron chi connectivity index (χ2n) is 11.9. The number of nitrogens with zero attached hydrogens (tertiary/aromatic N) is 2. The minimum absolute atomic E-state index is 0.997. The second-order valence-corrected chi connectivity index (χ2v) is 11.9. The largest absolute Gasteiger partial charge is 0.292 e. The molecule has 0 aliphatic rings. The van der Waals surface area contributed by atoms with Crippen molar-refractivity contribution in [3.05, 3.63) is 158 Å². The Hall–Kier alpha value is -5.99. The molecule has 10 aromatic rings. The van der Waals surface area contributed by atoms with Gasteiger partial charge in [0, 0.05) is 10.8 Å². The molecule has 10 rings (SSSR count). The van der Waals surface area contributed by atoms with Gasteiger partial charge in [-0.25, -0.2) is 4.98 Å². The lowest BCUT2D eigenvalue weighted by Crippen LogP contribution is -1.93. The van der Waals surface area contributed by atoms with Gasteiger partial charge >= 0.3 is 0 Å². The topological polar surface area (TPSA) is 17.3 Å². The predicted molar refractivity (Wildman–Crippen MR) is 191 cm³/mol. The zero-order valence-corrected chi connectivity index (χ0v) is 24.4. The third-order valence-corrected chi connectivity index (χ3v) is 9.50. The van der Waals surface area contributed by atoms with Crippen LogP contribution in [0.5, 0.6) is 0 Å². The SMILES string of the molecule is c1ccc(-c2c3ccccc3c(-c3ccc4c(c3)c3ccccc3n3c5ccccc5nc43)c3cc4ccccc4cc23)cc1. The lowest BCUT2D eigenvalue weighted by molar-refractivity contribution is 1.31. The standard InChI is InChI=1S/C43H26N2/c1-2-12-27(13-3-1)41-32-17-6-7-18-33(32)42(37-25-29-15-5-4-14-28(29)24-36(37)41)30-22-23-34-35(26-30)31-16-8-10-20-39(31)45-40-21-11-9-19-38(40)44-43(34)45/h1-26H. The van der Waals surface area contributed by atoms with E-state index in [1.54, 1.807) is 0 Å². The molecule has 2 heterocycles. The van der Waals surface area contributed by atoms with Crippen molar-refractivity contribution >= 4 is 70.7 Å². The number of imidazole rings is 1. The summed E-state index contributed by atoms with van der Waals surface area (Å²) in [5, 5.41) is 11.2. The van der Waals surface area contributed by atoms with Gasteiger partial charge < -0.3 is 0 Å². The van der Waals surface area contributed by atoms with Crippen LogP contribution in [0.2, 0.25) is 0 Å². The third kappa shape index (κ3) is 3.48. The summed E-state index contributed by atoms with van der Waals surface area (Å²) >= 11 is 0. The Kier molecular flexibility index (Phi) is 5.03. The van der Waals surface area contributed by atoms with Gasteiger partial charge in [-0.15, -0.1) is 0 Å². The van der Waals surface area contributed by atoms with Crippen LogP contribution < -0.4 is 0 Å². The summed E-state index contributed by atoms with van der Waals surface area (Å²) in [6.07, 6.45) is 0. The van der Waals surface area contributed by atoms with Crippen molar-refractivity contribution < 1.29 is 0 Å². The Labute approximate surface area is 259 Å². The van der Waals surface area contributed by atoms with Crippen molar-refractivity contribution in [2.45, 2.75) is 0 Å². The van der Waals surface area contributed by atoms with Gasteiger partial charge in [-0.3, -0.25) is 4.40 Å². The Morgan fingerprint density at radius 2 is 0.933 bits per heavy atom. The van der Waals surface area contributed by atoms with Crippen LogP contribution in [-0.4, -0.2) is 9.38 Å². The minimum atomic E-state index is 0.997. The highest BCUT2D eigenvalue weighted by molar-refractivity contribution is 6.24. The molecule has 0 bridgehead atoms. The maximum Gasteiger partial charge on any atom is 0.146 e. The van der Waals surface area contributed by atoms with E-state index >= 15 is 0 Å². The summed E-state index contributed by atoms with van der Waals surface area (Å²) in [7, 11) is 0. The first-order valence-electron chi connectivity index (χ1n) is 15.5. The van der Waals surface area contributed by atoms with Crippen LogP contribution in [0.1, 0.15) is 0 Å². The molecule has 0 fully saturated rings. The molecule has 0 radical (unpaired) electrons. The van der Waals surface area contributed by atoms with E-state index in [0.717, 1.165) is 22.1 Å². The van der Waals surface area contributed by atoms with E-state index in [1.807, 2.05) is 0 Å². The van der Waals surface area contributed by atoms with E-state index in [0.29, 0.717) is 0 Å².